The van der Waals surface area contributed by atoms with Crippen LogP contribution in [0, 0.1) is 5.92 Å². The average Bonchev–Trinajstić information content (AvgIpc) is 2.90. The van der Waals surface area contributed by atoms with Crippen LogP contribution in [0.2, 0.25) is 0 Å². The van der Waals surface area contributed by atoms with Gasteiger partial charge in [-0.3, -0.25) is 0 Å². The Labute approximate surface area is 123 Å². The molecule has 3 rings (SSSR count). The molecule has 1 fully saturated rings. The molecule has 1 aliphatic carbocycles. The molecule has 110 valence electrons. The van der Waals surface area contributed by atoms with E-state index in [2.05, 4.69) is 48.3 Å². The second kappa shape index (κ2) is 6.28. The van der Waals surface area contributed by atoms with Gasteiger partial charge in [0.2, 0.25) is 0 Å². The number of rotatable bonds is 4. The summed E-state index contributed by atoms with van der Waals surface area (Å²) in [6.07, 6.45) is 5.27. The fourth-order valence-corrected chi connectivity index (χ4v) is 3.97. The Morgan fingerprint density at radius 2 is 2.15 bits per heavy atom. The van der Waals surface area contributed by atoms with E-state index in [4.69, 9.17) is 0 Å². The largest absolute Gasteiger partial charge is 0.307 e. The summed E-state index contributed by atoms with van der Waals surface area (Å²) < 4.78 is 0. The maximum absolute atomic E-state index is 3.92. The summed E-state index contributed by atoms with van der Waals surface area (Å²) in [6.45, 7) is 8.46. The number of piperidine rings is 1. The minimum absolute atomic E-state index is 0.582. The fraction of sp³-hybridized carbons (Fsp3) is 0.667. The summed E-state index contributed by atoms with van der Waals surface area (Å²) in [5.74, 6) is 0.816. The van der Waals surface area contributed by atoms with Crippen LogP contribution in [0.25, 0.3) is 0 Å². The second-order valence-corrected chi connectivity index (χ2v) is 6.54. The van der Waals surface area contributed by atoms with E-state index in [0.717, 1.165) is 5.92 Å². The average molecular weight is 272 g/mol. The van der Waals surface area contributed by atoms with Gasteiger partial charge in [0, 0.05) is 18.6 Å². The van der Waals surface area contributed by atoms with Crippen LogP contribution in [0.1, 0.15) is 50.3 Å². The van der Waals surface area contributed by atoms with Gasteiger partial charge in [-0.2, -0.15) is 0 Å². The first kappa shape index (κ1) is 14.1. The van der Waals surface area contributed by atoms with Gasteiger partial charge < -0.3 is 10.2 Å². The predicted molar refractivity (Wildman–Crippen MR) is 84.9 cm³/mol. The smallest absolute Gasteiger partial charge is 0.0328 e. The van der Waals surface area contributed by atoms with Crippen LogP contribution < -0.4 is 5.32 Å². The molecule has 2 nitrogen and oxygen atoms in total. The van der Waals surface area contributed by atoms with E-state index in [9.17, 15) is 0 Å². The van der Waals surface area contributed by atoms with Crippen LogP contribution in [0.3, 0.4) is 0 Å². The number of benzene rings is 1. The van der Waals surface area contributed by atoms with Gasteiger partial charge in [-0.1, -0.05) is 31.2 Å². The lowest BCUT2D eigenvalue weighted by Gasteiger charge is -2.36. The zero-order valence-electron chi connectivity index (χ0n) is 12.9. The third-order valence-corrected chi connectivity index (χ3v) is 5.29. The maximum Gasteiger partial charge on any atom is 0.0328 e. The fourth-order valence-electron chi connectivity index (χ4n) is 3.97. The lowest BCUT2D eigenvalue weighted by atomic mass is 9.90. The van der Waals surface area contributed by atoms with E-state index in [0.29, 0.717) is 12.1 Å². The highest BCUT2D eigenvalue weighted by atomic mass is 15.1. The van der Waals surface area contributed by atoms with Crippen LogP contribution in [0.15, 0.2) is 24.3 Å². The molecule has 0 saturated carbocycles. The quantitative estimate of drug-likeness (QED) is 0.904. The molecule has 3 unspecified atom stereocenters. The maximum atomic E-state index is 3.92. The number of nitrogens with one attached hydrogen (secondary N) is 1. The van der Waals surface area contributed by atoms with Crippen LogP contribution in [-0.2, 0) is 6.42 Å². The molecular formula is C18H28N2. The van der Waals surface area contributed by atoms with Crippen molar-refractivity contribution in [3.8, 4) is 0 Å². The molecular weight excluding hydrogens is 244 g/mol. The first-order valence-corrected chi connectivity index (χ1v) is 8.34. The number of nitrogens with zero attached hydrogens (tertiary/aromatic N) is 1. The number of aryl methyl sites for hydroxylation is 1. The SMILES string of the molecule is CCN1CCCC(C(C)NC2CCc3ccccc32)C1. The number of fused-ring (bicyclic) bond motifs is 1. The molecule has 1 aliphatic heterocycles. The normalized spacial score (nSPS) is 28.3. The summed E-state index contributed by atoms with van der Waals surface area (Å²) in [4.78, 5) is 2.61. The third kappa shape index (κ3) is 2.91. The zero-order chi connectivity index (χ0) is 13.9. The molecule has 1 aromatic carbocycles. The molecule has 0 spiro atoms. The zero-order valence-corrected chi connectivity index (χ0v) is 12.9. The number of likely N-dealkylation sites (tertiary alicyclic amines) is 1. The minimum Gasteiger partial charge on any atom is -0.307 e. The molecule has 2 aliphatic rings. The molecule has 20 heavy (non-hydrogen) atoms. The van der Waals surface area contributed by atoms with Gasteiger partial charge in [0.15, 0.2) is 0 Å². The molecule has 1 N–H and O–H groups in total. The van der Waals surface area contributed by atoms with Crippen molar-refractivity contribution < 1.29 is 0 Å². The van der Waals surface area contributed by atoms with Crippen LogP contribution in [0.4, 0.5) is 0 Å². The van der Waals surface area contributed by atoms with Crippen molar-refractivity contribution >= 4 is 0 Å². The van der Waals surface area contributed by atoms with E-state index < -0.39 is 0 Å². The van der Waals surface area contributed by atoms with Crippen molar-refractivity contribution in [2.24, 2.45) is 5.92 Å². The summed E-state index contributed by atoms with van der Waals surface area (Å²) in [6, 6.07) is 10.2. The molecule has 3 atom stereocenters. The highest BCUT2D eigenvalue weighted by molar-refractivity contribution is 5.34. The van der Waals surface area contributed by atoms with E-state index in [1.165, 1.54) is 45.3 Å². The summed E-state index contributed by atoms with van der Waals surface area (Å²) in [5.41, 5.74) is 3.10. The van der Waals surface area contributed by atoms with E-state index >= 15 is 0 Å². The van der Waals surface area contributed by atoms with E-state index in [-0.39, 0.29) is 0 Å². The van der Waals surface area contributed by atoms with Crippen LogP contribution in [-0.4, -0.2) is 30.6 Å². The van der Waals surface area contributed by atoms with Crippen molar-refractivity contribution in [3.63, 3.8) is 0 Å². The van der Waals surface area contributed by atoms with Crippen molar-refractivity contribution in [1.29, 1.82) is 0 Å². The Hall–Kier alpha value is -0.860. The lowest BCUT2D eigenvalue weighted by molar-refractivity contribution is 0.152. The topological polar surface area (TPSA) is 15.3 Å². The Morgan fingerprint density at radius 1 is 1.30 bits per heavy atom. The summed E-state index contributed by atoms with van der Waals surface area (Å²) in [5, 5.41) is 3.92. The van der Waals surface area contributed by atoms with Crippen molar-refractivity contribution in [2.45, 2.75) is 51.6 Å². The van der Waals surface area contributed by atoms with Gasteiger partial charge in [-0.05, 0) is 62.7 Å². The minimum atomic E-state index is 0.582. The predicted octanol–water partition coefficient (Wildman–Crippen LogP) is 3.38. The van der Waals surface area contributed by atoms with E-state index in [1.807, 2.05) is 0 Å². The second-order valence-electron chi connectivity index (χ2n) is 6.54. The highest BCUT2D eigenvalue weighted by Crippen LogP contribution is 2.32. The first-order chi connectivity index (χ1) is 9.78. The highest BCUT2D eigenvalue weighted by Gasteiger charge is 2.28. The molecule has 0 radical (unpaired) electrons. The van der Waals surface area contributed by atoms with Gasteiger partial charge in [-0.15, -0.1) is 0 Å². The summed E-state index contributed by atoms with van der Waals surface area (Å²) in [7, 11) is 0. The van der Waals surface area contributed by atoms with E-state index in [1.54, 1.807) is 11.1 Å². The first-order valence-electron chi connectivity index (χ1n) is 8.34. The van der Waals surface area contributed by atoms with Crippen LogP contribution in [0.5, 0.6) is 0 Å². The number of hydrogen-bond donors (Lipinski definition) is 1. The van der Waals surface area contributed by atoms with Crippen molar-refractivity contribution in [3.05, 3.63) is 35.4 Å². The van der Waals surface area contributed by atoms with Gasteiger partial charge in [-0.25, -0.2) is 0 Å². The standard InChI is InChI=1S/C18H28N2/c1-3-20-12-6-8-16(13-20)14(2)19-18-11-10-15-7-4-5-9-17(15)18/h4-5,7,9,14,16,18-19H,3,6,8,10-13H2,1-2H3. The monoisotopic (exact) mass is 272 g/mol. The van der Waals surface area contributed by atoms with Gasteiger partial charge in [0.25, 0.3) is 0 Å². The van der Waals surface area contributed by atoms with Gasteiger partial charge in [0.1, 0.15) is 0 Å². The molecule has 0 aromatic heterocycles. The third-order valence-electron chi connectivity index (χ3n) is 5.29. The van der Waals surface area contributed by atoms with Crippen molar-refractivity contribution in [2.75, 3.05) is 19.6 Å². The lowest BCUT2D eigenvalue weighted by Crippen LogP contribution is -2.45. The van der Waals surface area contributed by atoms with Crippen molar-refractivity contribution in [1.82, 2.24) is 10.2 Å². The molecule has 1 heterocycles. The van der Waals surface area contributed by atoms with Gasteiger partial charge in [0.05, 0.1) is 0 Å². The summed E-state index contributed by atoms with van der Waals surface area (Å²) >= 11 is 0. The molecule has 0 amide bonds. The van der Waals surface area contributed by atoms with Crippen LogP contribution >= 0.6 is 0 Å². The Balaban J connectivity index is 1.61. The molecule has 1 saturated heterocycles. The Morgan fingerprint density at radius 3 is 3.00 bits per heavy atom. The Kier molecular flexibility index (Phi) is 4.42. The van der Waals surface area contributed by atoms with Gasteiger partial charge >= 0.3 is 0 Å². The number of hydrogen-bond acceptors (Lipinski definition) is 2. The Bertz CT molecular complexity index is 443. The molecule has 0 bridgehead atoms. The molecule has 2 heteroatoms. The molecule has 1 aromatic rings.